The number of aliphatic hydroxyl groups is 1. The van der Waals surface area contributed by atoms with Crippen molar-refractivity contribution in [1.29, 1.82) is 0 Å². The van der Waals surface area contributed by atoms with Crippen LogP contribution in [0.4, 0.5) is 0 Å². The largest absolute Gasteiger partial charge is 0.506 e. The van der Waals surface area contributed by atoms with Crippen LogP contribution in [0, 0.1) is 0 Å². The van der Waals surface area contributed by atoms with Gasteiger partial charge in [-0.15, -0.1) is 0 Å². The second kappa shape index (κ2) is 2.71. The molecule has 0 radical (unpaired) electrons. The highest BCUT2D eigenvalue weighted by Gasteiger charge is 2.33. The minimum atomic E-state index is -1.36. The van der Waals surface area contributed by atoms with Gasteiger partial charge in [0.2, 0.25) is 6.29 Å². The van der Waals surface area contributed by atoms with Crippen LogP contribution in [0.5, 0.6) is 5.75 Å². The lowest BCUT2D eigenvalue weighted by Gasteiger charge is -2.04. The smallest absolute Gasteiger partial charge is 0.341 e. The number of hydrogen-bond donors (Lipinski definition) is 2. The molecule has 0 aliphatic carbocycles. The van der Waals surface area contributed by atoms with E-state index in [1.807, 2.05) is 0 Å². The summed E-state index contributed by atoms with van der Waals surface area (Å²) in [5.74, 6) is -0.777. The van der Waals surface area contributed by atoms with Gasteiger partial charge in [-0.1, -0.05) is 0 Å². The second-order valence-corrected chi connectivity index (χ2v) is 3.47. The van der Waals surface area contributed by atoms with Crippen LogP contribution in [0.1, 0.15) is 22.2 Å². The Hall–Kier alpha value is -1.07. The molecular formula is C8H5BrO4. The number of phenols is 1. The van der Waals surface area contributed by atoms with E-state index in [1.165, 1.54) is 12.1 Å². The summed E-state index contributed by atoms with van der Waals surface area (Å²) in [5.41, 5.74) is 0.326. The van der Waals surface area contributed by atoms with Crippen LogP contribution in [-0.2, 0) is 4.74 Å². The summed E-state index contributed by atoms with van der Waals surface area (Å²) < 4.78 is 4.92. The van der Waals surface area contributed by atoms with Crippen LogP contribution in [0.2, 0.25) is 0 Å². The van der Waals surface area contributed by atoms with Crippen molar-refractivity contribution in [3.8, 4) is 5.75 Å². The van der Waals surface area contributed by atoms with E-state index in [9.17, 15) is 15.0 Å². The van der Waals surface area contributed by atoms with Crippen LogP contribution in [0.15, 0.2) is 16.6 Å². The number of aliphatic hydroxyl groups excluding tert-OH is 1. The Morgan fingerprint density at radius 3 is 2.85 bits per heavy atom. The van der Waals surface area contributed by atoms with Crippen molar-refractivity contribution in [1.82, 2.24) is 0 Å². The van der Waals surface area contributed by atoms with Gasteiger partial charge in [0.1, 0.15) is 5.75 Å². The maximum Gasteiger partial charge on any atom is 0.341 e. The molecule has 1 aliphatic rings. The zero-order valence-electron chi connectivity index (χ0n) is 6.32. The first-order chi connectivity index (χ1) is 6.11. The minimum Gasteiger partial charge on any atom is -0.506 e. The molecule has 4 nitrogen and oxygen atoms in total. The van der Waals surface area contributed by atoms with Crippen molar-refractivity contribution in [2.45, 2.75) is 6.29 Å². The molecule has 0 bridgehead atoms. The van der Waals surface area contributed by atoms with Crippen LogP contribution < -0.4 is 0 Å². The number of fused-ring (bicyclic) bond motifs is 1. The SMILES string of the molecule is O=C1OC(O)c2c1ccc(Br)c2O. The highest BCUT2D eigenvalue weighted by Crippen LogP contribution is 2.39. The third-order valence-corrected chi connectivity index (χ3v) is 2.49. The lowest BCUT2D eigenvalue weighted by Crippen LogP contribution is -1.95. The standard InChI is InChI=1S/C8H5BrO4/c9-4-2-1-3-5(6(4)10)8(12)13-7(3)11/h1-2,8,10,12H. The molecule has 1 aliphatic heterocycles. The van der Waals surface area contributed by atoms with Crippen LogP contribution in [-0.4, -0.2) is 16.2 Å². The Morgan fingerprint density at radius 1 is 1.46 bits per heavy atom. The molecule has 5 heteroatoms. The van der Waals surface area contributed by atoms with Gasteiger partial charge in [0.25, 0.3) is 0 Å². The number of cyclic esters (lactones) is 1. The Bertz CT molecular complexity index is 388. The van der Waals surface area contributed by atoms with E-state index < -0.39 is 12.3 Å². The number of esters is 1. The lowest BCUT2D eigenvalue weighted by molar-refractivity contribution is -0.0555. The Morgan fingerprint density at radius 2 is 2.15 bits per heavy atom. The fourth-order valence-electron chi connectivity index (χ4n) is 1.23. The van der Waals surface area contributed by atoms with Crippen molar-refractivity contribution < 1.29 is 19.7 Å². The van der Waals surface area contributed by atoms with Gasteiger partial charge in [-0.05, 0) is 28.1 Å². The molecule has 0 spiro atoms. The zero-order valence-corrected chi connectivity index (χ0v) is 7.91. The number of benzene rings is 1. The summed E-state index contributed by atoms with van der Waals surface area (Å²) >= 11 is 3.07. The topological polar surface area (TPSA) is 66.8 Å². The van der Waals surface area contributed by atoms with Crippen LogP contribution in [0.3, 0.4) is 0 Å². The quantitative estimate of drug-likeness (QED) is 0.676. The van der Waals surface area contributed by atoms with Crippen molar-refractivity contribution in [2.75, 3.05) is 0 Å². The van der Waals surface area contributed by atoms with Gasteiger partial charge in [0.05, 0.1) is 15.6 Å². The number of rotatable bonds is 0. The van der Waals surface area contributed by atoms with Gasteiger partial charge >= 0.3 is 5.97 Å². The average Bonchev–Trinajstić information content (AvgIpc) is 2.35. The molecule has 1 heterocycles. The normalized spacial score (nSPS) is 19.8. The summed E-state index contributed by atoms with van der Waals surface area (Å²) in [4.78, 5) is 11.0. The van der Waals surface area contributed by atoms with Gasteiger partial charge in [0, 0.05) is 0 Å². The van der Waals surface area contributed by atoms with Gasteiger partial charge in [-0.25, -0.2) is 4.79 Å². The van der Waals surface area contributed by atoms with E-state index in [4.69, 9.17) is 0 Å². The fraction of sp³-hybridized carbons (Fsp3) is 0.125. The minimum absolute atomic E-state index is 0.124. The molecule has 1 aromatic carbocycles. The van der Waals surface area contributed by atoms with Crippen molar-refractivity contribution in [3.63, 3.8) is 0 Å². The Labute approximate surface area is 81.9 Å². The summed E-state index contributed by atoms with van der Waals surface area (Å²) in [7, 11) is 0. The zero-order chi connectivity index (χ0) is 9.59. The molecule has 1 unspecified atom stereocenters. The number of halogens is 1. The molecule has 0 saturated carbocycles. The van der Waals surface area contributed by atoms with Gasteiger partial charge in [0.15, 0.2) is 0 Å². The molecule has 0 saturated heterocycles. The maximum atomic E-state index is 11.0. The van der Waals surface area contributed by atoms with Gasteiger partial charge in [-0.3, -0.25) is 0 Å². The third kappa shape index (κ3) is 1.12. The summed E-state index contributed by atoms with van der Waals surface area (Å²) in [6.07, 6.45) is -1.36. The van der Waals surface area contributed by atoms with Crippen molar-refractivity contribution in [2.24, 2.45) is 0 Å². The molecule has 2 rings (SSSR count). The highest BCUT2D eigenvalue weighted by atomic mass is 79.9. The molecule has 68 valence electrons. The first kappa shape index (κ1) is 8.52. The predicted octanol–water partition coefficient (Wildman–Crippen LogP) is 1.32. The van der Waals surface area contributed by atoms with Crippen molar-refractivity contribution >= 4 is 21.9 Å². The van der Waals surface area contributed by atoms with E-state index >= 15 is 0 Å². The van der Waals surface area contributed by atoms with Crippen LogP contribution in [0.25, 0.3) is 0 Å². The number of aromatic hydroxyl groups is 1. The van der Waals surface area contributed by atoms with Gasteiger partial charge in [-0.2, -0.15) is 0 Å². The number of carbonyl (C=O) groups is 1. The molecule has 1 aromatic rings. The molecule has 1 atom stereocenters. The highest BCUT2D eigenvalue weighted by molar-refractivity contribution is 9.10. The van der Waals surface area contributed by atoms with Gasteiger partial charge < -0.3 is 14.9 Å². The van der Waals surface area contributed by atoms with Crippen molar-refractivity contribution in [3.05, 3.63) is 27.7 Å². The Kier molecular flexibility index (Phi) is 1.78. The van der Waals surface area contributed by atoms with E-state index in [0.29, 0.717) is 4.47 Å². The predicted molar refractivity (Wildman–Crippen MR) is 46.2 cm³/mol. The van der Waals surface area contributed by atoms with E-state index in [1.54, 1.807) is 0 Å². The van der Waals surface area contributed by atoms with Crippen LogP contribution >= 0.6 is 15.9 Å². The second-order valence-electron chi connectivity index (χ2n) is 2.61. The monoisotopic (exact) mass is 244 g/mol. The number of ether oxygens (including phenoxy) is 1. The van der Waals surface area contributed by atoms with E-state index in [0.717, 1.165) is 0 Å². The molecule has 0 aromatic heterocycles. The average molecular weight is 245 g/mol. The summed E-state index contributed by atoms with van der Waals surface area (Å²) in [6.45, 7) is 0. The molecule has 0 amide bonds. The molecule has 2 N–H and O–H groups in total. The van der Waals surface area contributed by atoms with E-state index in [2.05, 4.69) is 20.7 Å². The lowest BCUT2D eigenvalue weighted by atomic mass is 10.1. The maximum absolute atomic E-state index is 11.0. The number of hydrogen-bond acceptors (Lipinski definition) is 4. The number of phenolic OH excluding ortho intramolecular Hbond substituents is 1. The third-order valence-electron chi connectivity index (χ3n) is 1.85. The number of carbonyl (C=O) groups excluding carboxylic acids is 1. The first-order valence-corrected chi connectivity index (χ1v) is 4.31. The fourth-order valence-corrected chi connectivity index (χ4v) is 1.58. The summed E-state index contributed by atoms with van der Waals surface area (Å²) in [6, 6.07) is 3.01. The Balaban J connectivity index is 2.70. The van der Waals surface area contributed by atoms with E-state index in [-0.39, 0.29) is 16.9 Å². The molecule has 13 heavy (non-hydrogen) atoms. The first-order valence-electron chi connectivity index (χ1n) is 3.51. The molecular weight excluding hydrogens is 240 g/mol. The summed E-state index contributed by atoms with van der Waals surface area (Å²) in [5, 5.41) is 18.7. The molecule has 0 fully saturated rings.